The molecule has 6 heteroatoms. The van der Waals surface area contributed by atoms with Crippen LogP contribution in [0, 0.1) is 0 Å². The number of aryl methyl sites for hydroxylation is 1. The first-order valence-corrected chi connectivity index (χ1v) is 7.09. The van der Waals surface area contributed by atoms with E-state index in [9.17, 15) is 5.11 Å². The van der Waals surface area contributed by atoms with Crippen LogP contribution < -0.4 is 14.8 Å². The van der Waals surface area contributed by atoms with Gasteiger partial charge in [0, 0.05) is 38.0 Å². The predicted octanol–water partition coefficient (Wildman–Crippen LogP) is 1.43. The average molecular weight is 305 g/mol. The molecule has 0 bridgehead atoms. The highest BCUT2D eigenvalue weighted by Crippen LogP contribution is 2.23. The van der Waals surface area contributed by atoms with Gasteiger partial charge in [-0.25, -0.2) is 0 Å². The summed E-state index contributed by atoms with van der Waals surface area (Å²) in [7, 11) is 5.08. The molecule has 0 aliphatic heterocycles. The number of hydrogen-bond donors (Lipinski definition) is 2. The summed E-state index contributed by atoms with van der Waals surface area (Å²) in [5.74, 6) is 1.49. The lowest BCUT2D eigenvalue weighted by atomic mass is 9.99. The van der Waals surface area contributed by atoms with E-state index in [4.69, 9.17) is 9.47 Å². The zero-order chi connectivity index (χ0) is 16.2. The highest BCUT2D eigenvalue weighted by molar-refractivity contribution is 5.38. The van der Waals surface area contributed by atoms with Crippen molar-refractivity contribution in [2.75, 3.05) is 20.8 Å². The molecular formula is C16H23N3O3. The molecule has 0 spiro atoms. The van der Waals surface area contributed by atoms with Crippen LogP contribution in [0.2, 0.25) is 0 Å². The highest BCUT2D eigenvalue weighted by Gasteiger charge is 2.24. The second-order valence-corrected chi connectivity index (χ2v) is 5.50. The Kier molecular flexibility index (Phi) is 5.05. The van der Waals surface area contributed by atoms with Crippen molar-refractivity contribution in [2.45, 2.75) is 19.1 Å². The summed E-state index contributed by atoms with van der Waals surface area (Å²) < 4.78 is 12.2. The molecule has 1 heterocycles. The number of benzene rings is 1. The molecule has 1 unspecified atom stereocenters. The molecule has 0 aliphatic carbocycles. The van der Waals surface area contributed by atoms with Crippen molar-refractivity contribution in [3.63, 3.8) is 0 Å². The molecule has 1 atom stereocenters. The van der Waals surface area contributed by atoms with Crippen LogP contribution in [0.4, 0.5) is 0 Å². The molecular weight excluding hydrogens is 282 g/mol. The maximum atomic E-state index is 10.5. The molecule has 6 nitrogen and oxygen atoms in total. The van der Waals surface area contributed by atoms with Crippen molar-refractivity contribution in [1.29, 1.82) is 0 Å². The fraction of sp³-hybridized carbons (Fsp3) is 0.438. The highest BCUT2D eigenvalue weighted by atomic mass is 16.5. The summed E-state index contributed by atoms with van der Waals surface area (Å²) in [5, 5.41) is 17.9. The van der Waals surface area contributed by atoms with Gasteiger partial charge in [-0.2, -0.15) is 5.10 Å². The molecule has 1 aromatic carbocycles. The molecule has 22 heavy (non-hydrogen) atoms. The molecule has 0 radical (unpaired) electrons. The van der Waals surface area contributed by atoms with Gasteiger partial charge in [0.25, 0.3) is 0 Å². The number of aliphatic hydroxyl groups is 1. The van der Waals surface area contributed by atoms with Crippen LogP contribution in [0.3, 0.4) is 0 Å². The van der Waals surface area contributed by atoms with Gasteiger partial charge in [-0.05, 0) is 24.6 Å². The van der Waals surface area contributed by atoms with Gasteiger partial charge >= 0.3 is 0 Å². The van der Waals surface area contributed by atoms with Crippen LogP contribution in [0.25, 0.3) is 0 Å². The average Bonchev–Trinajstić information content (AvgIpc) is 2.94. The monoisotopic (exact) mass is 305 g/mol. The Bertz CT molecular complexity index is 601. The first-order valence-electron chi connectivity index (χ1n) is 7.09. The van der Waals surface area contributed by atoms with Gasteiger partial charge in [-0.3, -0.25) is 4.68 Å². The van der Waals surface area contributed by atoms with Crippen molar-refractivity contribution in [1.82, 2.24) is 15.1 Å². The van der Waals surface area contributed by atoms with Crippen LogP contribution in [-0.2, 0) is 19.2 Å². The van der Waals surface area contributed by atoms with E-state index in [1.54, 1.807) is 32.0 Å². The number of aromatic nitrogens is 2. The zero-order valence-electron chi connectivity index (χ0n) is 13.5. The third-order valence-electron chi connectivity index (χ3n) is 3.54. The second-order valence-electron chi connectivity index (χ2n) is 5.50. The topological polar surface area (TPSA) is 68.5 Å². The van der Waals surface area contributed by atoms with E-state index >= 15 is 0 Å². The van der Waals surface area contributed by atoms with Gasteiger partial charge in [0.1, 0.15) is 17.1 Å². The smallest absolute Gasteiger partial charge is 0.122 e. The molecule has 2 rings (SSSR count). The molecule has 0 saturated carbocycles. The lowest BCUT2D eigenvalue weighted by Gasteiger charge is -2.22. The fourth-order valence-corrected chi connectivity index (χ4v) is 2.22. The standard InChI is InChI=1S/C16H23N3O3/c1-16(20,13-9-18-19(2)10-13)11-17-8-12-5-14(21-3)7-15(6-12)22-4/h5-7,9-10,17,20H,8,11H2,1-4H3. The van der Waals surface area contributed by atoms with Gasteiger partial charge in [0.05, 0.1) is 20.4 Å². The van der Waals surface area contributed by atoms with Crippen molar-refractivity contribution in [2.24, 2.45) is 7.05 Å². The minimum Gasteiger partial charge on any atom is -0.497 e. The molecule has 0 fully saturated rings. The minimum atomic E-state index is -0.975. The Morgan fingerprint density at radius 1 is 1.23 bits per heavy atom. The SMILES string of the molecule is COc1cc(CNCC(C)(O)c2cnn(C)c2)cc(OC)c1. The third-order valence-corrected chi connectivity index (χ3v) is 3.54. The van der Waals surface area contributed by atoms with Crippen LogP contribution in [0.1, 0.15) is 18.1 Å². The third kappa shape index (κ3) is 3.99. The summed E-state index contributed by atoms with van der Waals surface area (Å²) in [6.07, 6.45) is 3.49. The van der Waals surface area contributed by atoms with E-state index in [0.29, 0.717) is 13.1 Å². The number of nitrogens with zero attached hydrogens (tertiary/aromatic N) is 2. The van der Waals surface area contributed by atoms with Crippen LogP contribution in [0.15, 0.2) is 30.6 Å². The number of methoxy groups -OCH3 is 2. The van der Waals surface area contributed by atoms with Crippen LogP contribution in [-0.4, -0.2) is 35.7 Å². The van der Waals surface area contributed by atoms with Gasteiger partial charge in [-0.1, -0.05) is 0 Å². The number of ether oxygens (including phenoxy) is 2. The molecule has 120 valence electrons. The van der Waals surface area contributed by atoms with Crippen molar-refractivity contribution >= 4 is 0 Å². The first-order chi connectivity index (χ1) is 10.4. The summed E-state index contributed by atoms with van der Waals surface area (Å²) in [6.45, 7) is 2.78. The van der Waals surface area contributed by atoms with Crippen molar-refractivity contribution in [3.8, 4) is 11.5 Å². The minimum absolute atomic E-state index is 0.415. The number of rotatable bonds is 7. The fourth-order valence-electron chi connectivity index (χ4n) is 2.22. The lowest BCUT2D eigenvalue weighted by molar-refractivity contribution is 0.0566. The van der Waals surface area contributed by atoms with E-state index in [1.807, 2.05) is 31.4 Å². The molecule has 2 aromatic rings. The van der Waals surface area contributed by atoms with E-state index < -0.39 is 5.60 Å². The van der Waals surface area contributed by atoms with E-state index in [-0.39, 0.29) is 0 Å². The van der Waals surface area contributed by atoms with Crippen molar-refractivity contribution < 1.29 is 14.6 Å². The molecule has 1 aromatic heterocycles. The Labute approximate surface area is 130 Å². The summed E-state index contributed by atoms with van der Waals surface area (Å²) >= 11 is 0. The van der Waals surface area contributed by atoms with Crippen LogP contribution in [0.5, 0.6) is 11.5 Å². The van der Waals surface area contributed by atoms with Gasteiger partial charge in [0.15, 0.2) is 0 Å². The largest absolute Gasteiger partial charge is 0.497 e. The molecule has 0 amide bonds. The number of nitrogens with one attached hydrogen (secondary N) is 1. The predicted molar refractivity (Wildman–Crippen MR) is 84.0 cm³/mol. The zero-order valence-corrected chi connectivity index (χ0v) is 13.5. The molecule has 0 saturated heterocycles. The first kappa shape index (κ1) is 16.3. The van der Waals surface area contributed by atoms with Gasteiger partial charge in [-0.15, -0.1) is 0 Å². The maximum absolute atomic E-state index is 10.5. The lowest BCUT2D eigenvalue weighted by Crippen LogP contribution is -2.34. The van der Waals surface area contributed by atoms with Gasteiger partial charge < -0.3 is 19.9 Å². The Balaban J connectivity index is 1.98. The van der Waals surface area contributed by atoms with E-state index in [0.717, 1.165) is 22.6 Å². The Hall–Kier alpha value is -2.05. The quantitative estimate of drug-likeness (QED) is 0.810. The maximum Gasteiger partial charge on any atom is 0.122 e. The summed E-state index contributed by atoms with van der Waals surface area (Å²) in [4.78, 5) is 0. The van der Waals surface area contributed by atoms with E-state index in [2.05, 4.69) is 10.4 Å². The van der Waals surface area contributed by atoms with Crippen LogP contribution >= 0.6 is 0 Å². The van der Waals surface area contributed by atoms with E-state index in [1.165, 1.54) is 0 Å². The number of hydrogen-bond acceptors (Lipinski definition) is 5. The summed E-state index contributed by atoms with van der Waals surface area (Å²) in [5.41, 5.74) is 0.834. The van der Waals surface area contributed by atoms with Gasteiger partial charge in [0.2, 0.25) is 0 Å². The van der Waals surface area contributed by atoms with Crippen molar-refractivity contribution in [3.05, 3.63) is 41.7 Å². The summed E-state index contributed by atoms with van der Waals surface area (Å²) in [6, 6.07) is 5.71. The normalized spacial score (nSPS) is 13.7. The molecule has 0 aliphatic rings. The molecule has 2 N–H and O–H groups in total. The Morgan fingerprint density at radius 2 is 1.86 bits per heavy atom. The second kappa shape index (κ2) is 6.81. The Morgan fingerprint density at radius 3 is 2.36 bits per heavy atom.